The van der Waals surface area contributed by atoms with Gasteiger partial charge in [-0.25, -0.2) is 14.3 Å². The van der Waals surface area contributed by atoms with E-state index < -0.39 is 11.9 Å². The molecular weight excluding hydrogens is 196 g/mol. The average Bonchev–Trinajstić information content (AvgIpc) is 2.56. The van der Waals surface area contributed by atoms with Crippen LogP contribution in [0.5, 0.6) is 0 Å². The van der Waals surface area contributed by atoms with E-state index in [-0.39, 0.29) is 5.82 Å². The summed E-state index contributed by atoms with van der Waals surface area (Å²) in [5, 5.41) is 0. The molecule has 1 aromatic carbocycles. The molecule has 1 heterocycles. The number of aromatic nitrogens is 2. The van der Waals surface area contributed by atoms with E-state index in [1.165, 1.54) is 0 Å². The second kappa shape index (κ2) is 3.09. The molecule has 4 N–H and O–H groups in total. The minimum Gasteiger partial charge on any atom is -0.363 e. The van der Waals surface area contributed by atoms with Gasteiger partial charge in [0, 0.05) is 0 Å². The van der Waals surface area contributed by atoms with Crippen LogP contribution in [0.4, 0.5) is 4.79 Å². The molecule has 0 aliphatic heterocycles. The zero-order valence-corrected chi connectivity index (χ0v) is 7.68. The van der Waals surface area contributed by atoms with E-state index >= 15 is 0 Å². The number of primary amides is 2. The lowest BCUT2D eigenvalue weighted by Gasteiger charge is -1.99. The van der Waals surface area contributed by atoms with Crippen molar-refractivity contribution in [3.05, 3.63) is 30.1 Å². The van der Waals surface area contributed by atoms with Gasteiger partial charge in [0.25, 0.3) is 5.91 Å². The molecule has 0 radical (unpaired) electrons. The highest BCUT2D eigenvalue weighted by Crippen LogP contribution is 2.14. The third kappa shape index (κ3) is 1.32. The van der Waals surface area contributed by atoms with Gasteiger partial charge in [-0.3, -0.25) is 4.79 Å². The van der Waals surface area contributed by atoms with Crippen LogP contribution in [0.15, 0.2) is 24.3 Å². The smallest absolute Gasteiger partial charge is 0.325 e. The topological polar surface area (TPSA) is 104 Å². The minimum absolute atomic E-state index is 0.149. The molecule has 76 valence electrons. The van der Waals surface area contributed by atoms with E-state index in [9.17, 15) is 9.59 Å². The Morgan fingerprint density at radius 3 is 2.47 bits per heavy atom. The lowest BCUT2D eigenvalue weighted by molar-refractivity contribution is 0.0988. The number of amides is 2. The van der Waals surface area contributed by atoms with E-state index in [2.05, 4.69) is 4.98 Å². The summed E-state index contributed by atoms with van der Waals surface area (Å²) in [5.41, 5.74) is 11.2. The van der Waals surface area contributed by atoms with Crippen molar-refractivity contribution < 1.29 is 9.59 Å². The summed E-state index contributed by atoms with van der Waals surface area (Å²) in [7, 11) is 0. The molecule has 0 unspecified atom stereocenters. The number of carbonyl (C=O) groups is 2. The highest BCUT2D eigenvalue weighted by Gasteiger charge is 2.17. The minimum atomic E-state index is -0.787. The van der Waals surface area contributed by atoms with Crippen molar-refractivity contribution in [2.24, 2.45) is 11.5 Å². The standard InChI is InChI=1S/C9H8N4O2/c10-7(14)8-12-5-3-1-2-4-6(5)13(8)9(11)15/h1-4H,(H2,10,14)(H2,11,15). The van der Waals surface area contributed by atoms with Crippen LogP contribution in [-0.4, -0.2) is 21.5 Å². The summed E-state index contributed by atoms with van der Waals surface area (Å²) < 4.78 is 0.998. The van der Waals surface area contributed by atoms with Crippen molar-refractivity contribution >= 4 is 23.0 Å². The summed E-state index contributed by atoms with van der Waals surface area (Å²) in [6, 6.07) is 5.98. The molecule has 0 atom stereocenters. The number of fused-ring (bicyclic) bond motifs is 1. The maximum absolute atomic E-state index is 11.1. The highest BCUT2D eigenvalue weighted by atomic mass is 16.2. The highest BCUT2D eigenvalue weighted by molar-refractivity contribution is 6.00. The van der Waals surface area contributed by atoms with Crippen LogP contribution in [0.25, 0.3) is 11.0 Å². The molecule has 0 fully saturated rings. The van der Waals surface area contributed by atoms with E-state index in [0.717, 1.165) is 4.57 Å². The van der Waals surface area contributed by atoms with E-state index in [0.29, 0.717) is 11.0 Å². The molecule has 2 rings (SSSR count). The maximum atomic E-state index is 11.1. The number of para-hydroxylation sites is 2. The Bertz CT molecular complexity index is 558. The van der Waals surface area contributed by atoms with Crippen LogP contribution in [0, 0.1) is 0 Å². The van der Waals surface area contributed by atoms with Crippen LogP contribution in [0.2, 0.25) is 0 Å². The molecule has 15 heavy (non-hydrogen) atoms. The first-order valence-corrected chi connectivity index (χ1v) is 4.18. The fourth-order valence-electron chi connectivity index (χ4n) is 1.41. The van der Waals surface area contributed by atoms with Gasteiger partial charge in [0.2, 0.25) is 5.82 Å². The normalized spacial score (nSPS) is 10.4. The second-order valence-corrected chi connectivity index (χ2v) is 2.96. The van der Waals surface area contributed by atoms with Crippen LogP contribution in [0.1, 0.15) is 10.6 Å². The number of hydrogen-bond acceptors (Lipinski definition) is 3. The predicted octanol–water partition coefficient (Wildman–Crippen LogP) is 0.0620. The van der Waals surface area contributed by atoms with Crippen molar-refractivity contribution in [1.29, 1.82) is 0 Å². The summed E-state index contributed by atoms with van der Waals surface area (Å²) >= 11 is 0. The lowest BCUT2D eigenvalue weighted by Crippen LogP contribution is -2.26. The number of hydrogen-bond donors (Lipinski definition) is 2. The SMILES string of the molecule is NC(=O)c1nc2ccccc2n1C(N)=O. The van der Waals surface area contributed by atoms with E-state index in [1.807, 2.05) is 0 Å². The molecule has 0 aliphatic rings. The van der Waals surface area contributed by atoms with Crippen LogP contribution in [-0.2, 0) is 0 Å². The Morgan fingerprint density at radius 2 is 1.87 bits per heavy atom. The number of rotatable bonds is 1. The monoisotopic (exact) mass is 204 g/mol. The number of nitrogens with two attached hydrogens (primary N) is 2. The molecule has 0 saturated heterocycles. The fourth-order valence-corrected chi connectivity index (χ4v) is 1.41. The zero-order chi connectivity index (χ0) is 11.0. The maximum Gasteiger partial charge on any atom is 0.325 e. The molecule has 6 nitrogen and oxygen atoms in total. The third-order valence-electron chi connectivity index (χ3n) is 2.00. The van der Waals surface area contributed by atoms with Crippen molar-refractivity contribution in [1.82, 2.24) is 9.55 Å². The first-order chi connectivity index (χ1) is 7.11. The van der Waals surface area contributed by atoms with Gasteiger partial charge < -0.3 is 11.5 Å². The number of nitrogens with zero attached hydrogens (tertiary/aromatic N) is 2. The summed E-state index contributed by atoms with van der Waals surface area (Å²) in [6.07, 6.45) is 0. The summed E-state index contributed by atoms with van der Waals surface area (Å²) in [5.74, 6) is -0.936. The second-order valence-electron chi connectivity index (χ2n) is 2.96. The van der Waals surface area contributed by atoms with Crippen LogP contribution in [0.3, 0.4) is 0 Å². The van der Waals surface area contributed by atoms with Crippen LogP contribution < -0.4 is 11.5 Å². The first kappa shape index (κ1) is 9.20. The summed E-state index contributed by atoms with van der Waals surface area (Å²) in [4.78, 5) is 26.1. The third-order valence-corrected chi connectivity index (χ3v) is 2.00. The Morgan fingerprint density at radius 1 is 1.20 bits per heavy atom. The van der Waals surface area contributed by atoms with E-state index in [4.69, 9.17) is 11.5 Å². The molecule has 0 aliphatic carbocycles. The quantitative estimate of drug-likeness (QED) is 0.686. The molecule has 6 heteroatoms. The molecule has 0 bridgehead atoms. The molecule has 1 aromatic heterocycles. The Hall–Kier alpha value is -2.37. The van der Waals surface area contributed by atoms with Crippen molar-refractivity contribution in [3.63, 3.8) is 0 Å². The Balaban J connectivity index is 2.86. The average molecular weight is 204 g/mol. The van der Waals surface area contributed by atoms with Gasteiger partial charge in [0.1, 0.15) is 0 Å². The molecule has 0 saturated carbocycles. The predicted molar refractivity (Wildman–Crippen MR) is 53.2 cm³/mol. The molecular formula is C9H8N4O2. The van der Waals surface area contributed by atoms with Gasteiger partial charge in [-0.05, 0) is 12.1 Å². The Labute approximate surface area is 84.5 Å². The van der Waals surface area contributed by atoms with Gasteiger partial charge in [0.15, 0.2) is 0 Å². The first-order valence-electron chi connectivity index (χ1n) is 4.18. The fraction of sp³-hybridized carbons (Fsp3) is 0. The summed E-state index contributed by atoms with van der Waals surface area (Å²) in [6.45, 7) is 0. The Kier molecular flexibility index (Phi) is 1.89. The van der Waals surface area contributed by atoms with Gasteiger partial charge in [-0.15, -0.1) is 0 Å². The van der Waals surface area contributed by atoms with E-state index in [1.54, 1.807) is 24.3 Å². The number of imidazole rings is 1. The van der Waals surface area contributed by atoms with Crippen molar-refractivity contribution in [3.8, 4) is 0 Å². The van der Waals surface area contributed by atoms with Crippen molar-refractivity contribution in [2.75, 3.05) is 0 Å². The van der Waals surface area contributed by atoms with Gasteiger partial charge in [0.05, 0.1) is 11.0 Å². The largest absolute Gasteiger partial charge is 0.363 e. The molecule has 2 aromatic rings. The molecule has 0 spiro atoms. The van der Waals surface area contributed by atoms with Gasteiger partial charge >= 0.3 is 6.03 Å². The van der Waals surface area contributed by atoms with Crippen molar-refractivity contribution in [2.45, 2.75) is 0 Å². The van der Waals surface area contributed by atoms with Gasteiger partial charge in [-0.2, -0.15) is 0 Å². The molecule has 2 amide bonds. The van der Waals surface area contributed by atoms with Crippen LogP contribution >= 0.6 is 0 Å². The zero-order valence-electron chi connectivity index (χ0n) is 7.68. The lowest BCUT2D eigenvalue weighted by atomic mass is 10.3. The number of benzene rings is 1. The van der Waals surface area contributed by atoms with Gasteiger partial charge in [-0.1, -0.05) is 12.1 Å². The number of carbonyl (C=O) groups excluding carboxylic acids is 2.